The summed E-state index contributed by atoms with van der Waals surface area (Å²) >= 11 is 1.71. The van der Waals surface area contributed by atoms with Crippen molar-refractivity contribution in [3.05, 3.63) is 59.1 Å². The van der Waals surface area contributed by atoms with Crippen LogP contribution in [0.2, 0.25) is 0 Å². The van der Waals surface area contributed by atoms with Crippen LogP contribution < -0.4 is 9.80 Å². The molecular formula is C24H27N5O2S. The predicted octanol–water partition coefficient (Wildman–Crippen LogP) is 3.31. The van der Waals surface area contributed by atoms with Gasteiger partial charge in [-0.25, -0.2) is 4.98 Å². The summed E-state index contributed by atoms with van der Waals surface area (Å²) in [6, 6.07) is 14.1. The molecule has 0 radical (unpaired) electrons. The quantitative estimate of drug-likeness (QED) is 0.609. The highest BCUT2D eigenvalue weighted by Gasteiger charge is 2.24. The average molecular weight is 450 g/mol. The van der Waals surface area contributed by atoms with Gasteiger partial charge in [0.1, 0.15) is 5.82 Å². The van der Waals surface area contributed by atoms with Crippen LogP contribution in [0.1, 0.15) is 16.1 Å². The number of hydrogen-bond acceptors (Lipinski definition) is 7. The second-order valence-electron chi connectivity index (χ2n) is 8.10. The van der Waals surface area contributed by atoms with Crippen molar-refractivity contribution in [2.45, 2.75) is 6.92 Å². The zero-order valence-corrected chi connectivity index (χ0v) is 19.1. The van der Waals surface area contributed by atoms with Crippen LogP contribution in [-0.2, 0) is 4.74 Å². The Balaban J connectivity index is 1.23. The molecule has 3 aromatic rings. The normalized spacial score (nSPS) is 17.0. The number of aryl methyl sites for hydroxylation is 1. The van der Waals surface area contributed by atoms with E-state index in [1.165, 1.54) is 4.88 Å². The summed E-state index contributed by atoms with van der Waals surface area (Å²) in [5, 5.41) is 2.07. The van der Waals surface area contributed by atoms with Gasteiger partial charge in [-0.3, -0.25) is 4.79 Å². The van der Waals surface area contributed by atoms with Crippen molar-refractivity contribution in [1.29, 1.82) is 0 Å². The summed E-state index contributed by atoms with van der Waals surface area (Å²) in [5.41, 5.74) is 2.85. The fourth-order valence-corrected chi connectivity index (χ4v) is 4.88. The Morgan fingerprint density at radius 3 is 2.38 bits per heavy atom. The summed E-state index contributed by atoms with van der Waals surface area (Å²) in [4.78, 5) is 30.1. The third-order valence-corrected chi connectivity index (χ3v) is 6.87. The summed E-state index contributed by atoms with van der Waals surface area (Å²) in [6.45, 7) is 7.95. The average Bonchev–Trinajstić information content (AvgIpc) is 3.39. The molecule has 0 saturated carbocycles. The molecule has 4 heterocycles. The van der Waals surface area contributed by atoms with Crippen molar-refractivity contribution in [1.82, 2.24) is 14.9 Å². The number of amides is 1. The van der Waals surface area contributed by atoms with Crippen molar-refractivity contribution >= 4 is 29.0 Å². The first-order valence-corrected chi connectivity index (χ1v) is 11.9. The zero-order chi connectivity index (χ0) is 21.9. The summed E-state index contributed by atoms with van der Waals surface area (Å²) < 4.78 is 5.45. The number of ether oxygens (including phenoxy) is 1. The number of carbonyl (C=O) groups is 1. The lowest BCUT2D eigenvalue weighted by Crippen LogP contribution is -2.49. The van der Waals surface area contributed by atoms with Gasteiger partial charge in [0, 0.05) is 61.5 Å². The van der Waals surface area contributed by atoms with E-state index in [0.717, 1.165) is 54.8 Å². The Kier molecular flexibility index (Phi) is 6.05. The van der Waals surface area contributed by atoms with Crippen molar-refractivity contribution in [2.75, 3.05) is 62.3 Å². The Morgan fingerprint density at radius 1 is 0.938 bits per heavy atom. The van der Waals surface area contributed by atoms with E-state index >= 15 is 0 Å². The smallest absolute Gasteiger partial charge is 0.253 e. The van der Waals surface area contributed by atoms with Gasteiger partial charge >= 0.3 is 0 Å². The van der Waals surface area contributed by atoms with Gasteiger partial charge in [0.05, 0.1) is 13.2 Å². The number of hydrogen-bond donors (Lipinski definition) is 0. The van der Waals surface area contributed by atoms with Gasteiger partial charge in [-0.15, -0.1) is 11.3 Å². The predicted molar refractivity (Wildman–Crippen MR) is 128 cm³/mol. The molecule has 2 fully saturated rings. The lowest BCUT2D eigenvalue weighted by Gasteiger charge is -2.36. The lowest BCUT2D eigenvalue weighted by atomic mass is 10.1. The topological polar surface area (TPSA) is 61.8 Å². The first-order valence-electron chi connectivity index (χ1n) is 11.0. The largest absolute Gasteiger partial charge is 0.378 e. The molecule has 2 aliphatic heterocycles. The maximum Gasteiger partial charge on any atom is 0.253 e. The first-order chi connectivity index (χ1) is 15.7. The van der Waals surface area contributed by atoms with Gasteiger partial charge in [0.25, 0.3) is 5.91 Å². The number of morpholine rings is 1. The minimum atomic E-state index is 0.0928. The van der Waals surface area contributed by atoms with Crippen LogP contribution in [0.5, 0.6) is 0 Å². The molecule has 166 valence electrons. The molecular weight excluding hydrogens is 422 g/mol. The summed E-state index contributed by atoms with van der Waals surface area (Å²) in [5.74, 6) is 1.80. The van der Waals surface area contributed by atoms with Crippen molar-refractivity contribution < 1.29 is 9.53 Å². The van der Waals surface area contributed by atoms with Crippen molar-refractivity contribution in [2.24, 2.45) is 0 Å². The van der Waals surface area contributed by atoms with Gasteiger partial charge in [-0.05, 0) is 36.1 Å². The van der Waals surface area contributed by atoms with Gasteiger partial charge < -0.3 is 19.4 Å². The van der Waals surface area contributed by atoms with Crippen LogP contribution in [0.15, 0.2) is 47.8 Å². The standard InChI is InChI=1S/C24H27N5O2S/c1-18-17-22(26-24(25-18)29-12-14-31-15-13-29)27-8-10-28(11-9-27)23(30)20-6-4-19(5-7-20)21-3-2-16-32-21/h2-7,16-17H,8-15H2,1H3. The molecule has 8 heteroatoms. The van der Waals surface area contributed by atoms with E-state index in [9.17, 15) is 4.79 Å². The second-order valence-corrected chi connectivity index (χ2v) is 9.05. The zero-order valence-electron chi connectivity index (χ0n) is 18.2. The fraction of sp³-hybridized carbons (Fsp3) is 0.375. The fourth-order valence-electron chi connectivity index (χ4n) is 4.14. The van der Waals surface area contributed by atoms with Gasteiger partial charge in [0.2, 0.25) is 5.95 Å². The molecule has 1 amide bonds. The summed E-state index contributed by atoms with van der Waals surface area (Å²) in [7, 11) is 0. The molecule has 0 bridgehead atoms. The van der Waals surface area contributed by atoms with Crippen LogP contribution >= 0.6 is 11.3 Å². The first kappa shape index (κ1) is 20.9. The van der Waals surface area contributed by atoms with E-state index in [2.05, 4.69) is 26.2 Å². The third-order valence-electron chi connectivity index (χ3n) is 5.95. The van der Waals surface area contributed by atoms with Crippen LogP contribution in [0.25, 0.3) is 10.4 Å². The molecule has 0 N–H and O–H groups in total. The molecule has 2 aromatic heterocycles. The molecule has 1 aromatic carbocycles. The Labute approximate surface area is 192 Å². The number of rotatable bonds is 4. The molecule has 0 aliphatic carbocycles. The monoisotopic (exact) mass is 449 g/mol. The number of aromatic nitrogens is 2. The van der Waals surface area contributed by atoms with Crippen LogP contribution in [-0.4, -0.2) is 73.3 Å². The molecule has 5 rings (SSSR count). The number of piperazine rings is 1. The summed E-state index contributed by atoms with van der Waals surface area (Å²) in [6.07, 6.45) is 0. The number of thiophene rings is 1. The molecule has 2 aliphatic rings. The number of nitrogens with zero attached hydrogens (tertiary/aromatic N) is 5. The Bertz CT molecular complexity index is 1060. The molecule has 32 heavy (non-hydrogen) atoms. The van der Waals surface area contributed by atoms with E-state index in [-0.39, 0.29) is 5.91 Å². The minimum absolute atomic E-state index is 0.0928. The minimum Gasteiger partial charge on any atom is -0.378 e. The van der Waals surface area contributed by atoms with Gasteiger partial charge in [-0.2, -0.15) is 4.98 Å². The molecule has 0 unspecified atom stereocenters. The Morgan fingerprint density at radius 2 is 1.69 bits per heavy atom. The van der Waals surface area contributed by atoms with E-state index in [0.29, 0.717) is 26.3 Å². The van der Waals surface area contributed by atoms with E-state index in [1.54, 1.807) is 11.3 Å². The number of benzene rings is 1. The van der Waals surface area contributed by atoms with Gasteiger partial charge in [0.15, 0.2) is 0 Å². The highest BCUT2D eigenvalue weighted by atomic mass is 32.1. The third kappa shape index (κ3) is 4.47. The Hall–Kier alpha value is -2.97. The van der Waals surface area contributed by atoms with E-state index in [4.69, 9.17) is 9.72 Å². The maximum atomic E-state index is 13.0. The van der Waals surface area contributed by atoms with Gasteiger partial charge in [-0.1, -0.05) is 18.2 Å². The lowest BCUT2D eigenvalue weighted by molar-refractivity contribution is 0.0746. The van der Waals surface area contributed by atoms with Crippen molar-refractivity contribution in [3.63, 3.8) is 0 Å². The second kappa shape index (κ2) is 9.26. The van der Waals surface area contributed by atoms with Crippen LogP contribution in [0, 0.1) is 6.92 Å². The highest BCUT2D eigenvalue weighted by Crippen LogP contribution is 2.25. The molecule has 0 atom stereocenters. The van der Waals surface area contributed by atoms with Crippen molar-refractivity contribution in [3.8, 4) is 10.4 Å². The number of carbonyl (C=O) groups excluding carboxylic acids is 1. The molecule has 2 saturated heterocycles. The molecule has 0 spiro atoms. The van der Waals surface area contributed by atoms with Crippen LogP contribution in [0.3, 0.4) is 0 Å². The van der Waals surface area contributed by atoms with Crippen LogP contribution in [0.4, 0.5) is 11.8 Å². The molecule has 7 nitrogen and oxygen atoms in total. The number of anilines is 2. The SMILES string of the molecule is Cc1cc(N2CCN(C(=O)c3ccc(-c4cccs4)cc3)CC2)nc(N2CCOCC2)n1. The van der Waals surface area contributed by atoms with E-state index < -0.39 is 0 Å². The maximum absolute atomic E-state index is 13.0. The van der Waals surface area contributed by atoms with E-state index in [1.807, 2.05) is 48.2 Å². The highest BCUT2D eigenvalue weighted by molar-refractivity contribution is 7.13.